The smallest absolute Gasteiger partial charge is 0.352 e. The predicted octanol–water partition coefficient (Wildman–Crippen LogP) is -2.12. The third kappa shape index (κ3) is 4.74. The van der Waals surface area contributed by atoms with Gasteiger partial charge >= 0.3 is 5.97 Å². The van der Waals surface area contributed by atoms with E-state index < -0.39 is 29.2 Å². The average molecular weight is 456 g/mol. The van der Waals surface area contributed by atoms with Crippen LogP contribution in [0.15, 0.2) is 17.6 Å². The minimum Gasteiger partial charge on any atom is -0.477 e. The topological polar surface area (TPSA) is 175 Å². The number of β-lactam (4-membered cyclic amide) rings is 1. The summed E-state index contributed by atoms with van der Waals surface area (Å²) in [6, 6.07) is -0.858. The molecule has 0 aromatic carbocycles. The summed E-state index contributed by atoms with van der Waals surface area (Å²) in [6.45, 7) is 4.14. The highest BCUT2D eigenvalue weighted by molar-refractivity contribution is 8.00. The normalized spacial score (nSPS) is 20.1. The summed E-state index contributed by atoms with van der Waals surface area (Å²) < 4.78 is 1.20. The van der Waals surface area contributed by atoms with Gasteiger partial charge in [0.25, 0.3) is 10.9 Å². The molecule has 0 bridgehead atoms. The number of nitrogens with zero attached hydrogens (tertiary/aromatic N) is 7. The Labute approximate surface area is 180 Å². The number of carboxylic acid groups (broad SMARTS) is 1. The van der Waals surface area contributed by atoms with Crippen molar-refractivity contribution < 1.29 is 29.3 Å². The molecule has 0 spiro atoms. The van der Waals surface area contributed by atoms with Crippen molar-refractivity contribution in [1.29, 1.82) is 0 Å². The molecule has 1 saturated heterocycles. The van der Waals surface area contributed by atoms with Crippen LogP contribution in [-0.2, 0) is 25.8 Å². The first-order valence-corrected chi connectivity index (χ1v) is 10.4. The number of hydrogen-bond acceptors (Lipinski definition) is 9. The summed E-state index contributed by atoms with van der Waals surface area (Å²) in [5.74, 6) is -2.06. The Morgan fingerprint density at radius 1 is 1.42 bits per heavy atom. The van der Waals surface area contributed by atoms with Crippen LogP contribution in [0.1, 0.15) is 13.8 Å². The van der Waals surface area contributed by atoms with Gasteiger partial charge in [-0.05, 0) is 29.8 Å². The van der Waals surface area contributed by atoms with Crippen LogP contribution in [0.5, 0.6) is 0 Å². The lowest BCUT2D eigenvalue weighted by Gasteiger charge is -2.49. The molecule has 0 saturated carbocycles. The zero-order valence-electron chi connectivity index (χ0n) is 16.8. The van der Waals surface area contributed by atoms with Crippen molar-refractivity contribution in [2.75, 3.05) is 25.4 Å². The van der Waals surface area contributed by atoms with Crippen LogP contribution < -0.4 is 10.9 Å². The highest BCUT2D eigenvalue weighted by atomic mass is 32.2. The van der Waals surface area contributed by atoms with Gasteiger partial charge < -0.3 is 10.4 Å². The average Bonchev–Trinajstić information content (AvgIpc) is 3.25. The van der Waals surface area contributed by atoms with Crippen molar-refractivity contribution in [1.82, 2.24) is 41.0 Å². The second-order valence-corrected chi connectivity index (χ2v) is 7.62. The third-order valence-corrected chi connectivity index (χ3v) is 5.98. The van der Waals surface area contributed by atoms with Crippen LogP contribution in [0.3, 0.4) is 0 Å². The predicted molar refractivity (Wildman–Crippen MR) is 103 cm³/mol. The fourth-order valence-electron chi connectivity index (χ4n) is 3.13. The van der Waals surface area contributed by atoms with Gasteiger partial charge in [-0.2, -0.15) is 0 Å². The minimum absolute atomic E-state index is 0.168. The van der Waals surface area contributed by atoms with Gasteiger partial charge in [-0.3, -0.25) is 14.5 Å². The lowest BCUT2D eigenvalue weighted by Crippen LogP contribution is -2.70. The van der Waals surface area contributed by atoms with E-state index in [0.29, 0.717) is 23.6 Å². The Balaban J connectivity index is 1.61. The number of hydrogen-bond donors (Lipinski definition) is 3. The Morgan fingerprint density at radius 2 is 2.16 bits per heavy atom. The molecule has 3 heterocycles. The number of carbonyl (C=O) groups excluding carboxylic acids is 2. The van der Waals surface area contributed by atoms with Gasteiger partial charge in [0, 0.05) is 11.3 Å². The number of thioether (sulfide) groups is 1. The minimum atomic E-state index is -1.29. The van der Waals surface area contributed by atoms with E-state index in [1.165, 1.54) is 27.8 Å². The molecule has 1 aromatic heterocycles. The van der Waals surface area contributed by atoms with Gasteiger partial charge in [-0.1, -0.05) is 0 Å². The highest BCUT2D eigenvalue weighted by Crippen LogP contribution is 2.40. The molecule has 2 amide bonds. The Kier molecular flexibility index (Phi) is 7.01. The fraction of sp³-hybridized carbons (Fsp3) is 0.600. The van der Waals surface area contributed by atoms with Crippen LogP contribution in [0.2, 0.25) is 0 Å². The van der Waals surface area contributed by atoms with Crippen LogP contribution in [0, 0.1) is 4.91 Å². The van der Waals surface area contributed by atoms with Gasteiger partial charge in [-0.15, -0.1) is 21.9 Å². The molecule has 15 nitrogen and oxygen atoms in total. The van der Waals surface area contributed by atoms with Gasteiger partial charge in [0.05, 0.1) is 18.0 Å². The van der Waals surface area contributed by atoms with Gasteiger partial charge in [0.1, 0.15) is 36.6 Å². The largest absolute Gasteiger partial charge is 0.477 e. The van der Waals surface area contributed by atoms with Crippen molar-refractivity contribution in [3.63, 3.8) is 0 Å². The number of amides is 2. The number of fused-ring (bicyclic) bond motifs is 1. The Bertz CT molecular complexity index is 888. The van der Waals surface area contributed by atoms with E-state index in [9.17, 15) is 24.4 Å². The first-order valence-electron chi connectivity index (χ1n) is 9.37. The molecule has 3 rings (SSSR count). The van der Waals surface area contributed by atoms with Gasteiger partial charge in [-0.25, -0.2) is 14.3 Å². The molecule has 1 fully saturated rings. The van der Waals surface area contributed by atoms with Crippen molar-refractivity contribution in [2.24, 2.45) is 0 Å². The van der Waals surface area contributed by atoms with Crippen LogP contribution in [-0.4, -0.2) is 94.8 Å². The molecule has 1 aromatic rings. The molecule has 31 heavy (non-hydrogen) atoms. The zero-order valence-corrected chi connectivity index (χ0v) is 17.6. The summed E-state index contributed by atoms with van der Waals surface area (Å²) in [7, 11) is 0. The van der Waals surface area contributed by atoms with E-state index in [-0.39, 0.29) is 24.6 Å². The molecule has 2 aliphatic rings. The number of tetrazole rings is 1. The second kappa shape index (κ2) is 9.69. The van der Waals surface area contributed by atoms with Crippen LogP contribution in [0.4, 0.5) is 0 Å². The lowest BCUT2D eigenvalue weighted by molar-refractivity contribution is -0.787. The standard InChI is InChI=1S/C15H21N9O6S/c1-3-22(4-2)24(29)20-30-6-9-7-31-14-11(13(26)23(14)12(9)15(27)28)17-10(25)5-21-8-16-18-19-21/h8,11,14H,3-7H2,1-2H3,(H2-,17,20,25,27,28,29)/p+1. The number of carbonyl (C=O) groups is 3. The summed E-state index contributed by atoms with van der Waals surface area (Å²) in [5.41, 5.74) is 2.32. The number of aromatic nitrogens is 4. The fourth-order valence-corrected chi connectivity index (χ4v) is 4.45. The number of carboxylic acids is 1. The SMILES string of the molecule is CCN(CC)[N+](=O)NOCC1=C(C(=O)O)N2C(=O)C(NC(=O)Cn3cnnn3)C2SC1. The maximum atomic E-state index is 12.6. The third-order valence-electron chi connectivity index (χ3n) is 4.64. The molecule has 168 valence electrons. The summed E-state index contributed by atoms with van der Waals surface area (Å²) in [4.78, 5) is 55.0. The number of nitroso groups, excluding NO2 is 1. The van der Waals surface area contributed by atoms with Gasteiger partial charge in [0.15, 0.2) is 0 Å². The van der Waals surface area contributed by atoms with Crippen LogP contribution in [0.25, 0.3) is 0 Å². The molecule has 0 aliphatic carbocycles. The second-order valence-electron chi connectivity index (χ2n) is 6.51. The zero-order chi connectivity index (χ0) is 22.5. The van der Waals surface area contributed by atoms with Crippen molar-refractivity contribution >= 4 is 29.5 Å². The summed E-state index contributed by atoms with van der Waals surface area (Å²) in [6.07, 6.45) is 1.26. The number of nitrogens with one attached hydrogen (secondary N) is 2. The van der Waals surface area contributed by atoms with Crippen molar-refractivity contribution in [3.8, 4) is 0 Å². The van der Waals surface area contributed by atoms with E-state index in [1.807, 2.05) is 0 Å². The van der Waals surface area contributed by atoms with E-state index in [1.54, 1.807) is 13.8 Å². The Morgan fingerprint density at radius 3 is 2.77 bits per heavy atom. The molecule has 0 radical (unpaired) electrons. The molecule has 2 atom stereocenters. The molecular formula is C15H22N9O6S+. The number of rotatable bonds is 11. The number of hydrazine groups is 2. The first-order chi connectivity index (χ1) is 14.9. The number of aliphatic carboxylic acids is 1. The monoisotopic (exact) mass is 456 g/mol. The van der Waals surface area contributed by atoms with Crippen LogP contribution >= 0.6 is 11.8 Å². The summed E-state index contributed by atoms with van der Waals surface area (Å²) >= 11 is 1.29. The first kappa shape index (κ1) is 22.4. The lowest BCUT2D eigenvalue weighted by atomic mass is 10.0. The van der Waals surface area contributed by atoms with Gasteiger partial charge in [0.2, 0.25) is 5.91 Å². The highest BCUT2D eigenvalue weighted by Gasteiger charge is 2.54. The Hall–Kier alpha value is -3.27. The molecule has 3 N–H and O–H groups in total. The van der Waals surface area contributed by atoms with Crippen molar-refractivity contribution in [2.45, 2.75) is 31.8 Å². The van der Waals surface area contributed by atoms with Crippen molar-refractivity contribution in [3.05, 3.63) is 22.5 Å². The van der Waals surface area contributed by atoms with E-state index in [4.69, 9.17) is 4.84 Å². The maximum absolute atomic E-state index is 12.6. The van der Waals surface area contributed by atoms with E-state index in [0.717, 1.165) is 4.90 Å². The summed E-state index contributed by atoms with van der Waals surface area (Å²) in [5, 5.41) is 23.5. The quantitative estimate of drug-likeness (QED) is 0.188. The maximum Gasteiger partial charge on any atom is 0.352 e. The molecular weight excluding hydrogens is 434 g/mol. The van der Waals surface area contributed by atoms with E-state index in [2.05, 4.69) is 26.4 Å². The molecule has 2 unspecified atom stereocenters. The molecule has 2 aliphatic heterocycles. The van der Waals surface area contributed by atoms with E-state index >= 15 is 0 Å². The molecule has 16 heteroatoms.